The van der Waals surface area contributed by atoms with Crippen LogP contribution in [0.2, 0.25) is 0 Å². The van der Waals surface area contributed by atoms with E-state index in [1.54, 1.807) is 17.0 Å². The highest BCUT2D eigenvalue weighted by molar-refractivity contribution is 5.85. The fraction of sp³-hybridized carbons (Fsp3) is 0.640. The molecule has 3 rings (SSSR count). The molecule has 8 nitrogen and oxygen atoms in total. The van der Waals surface area contributed by atoms with E-state index in [-0.39, 0.29) is 12.5 Å². The number of carbonyl (C=O) groups is 2. The molecular formula is C25H35N3O5. The molecular weight excluding hydrogens is 422 g/mol. The minimum Gasteiger partial charge on any atom is -0.449 e. The van der Waals surface area contributed by atoms with Crippen molar-refractivity contribution in [3.63, 3.8) is 0 Å². The fourth-order valence-electron chi connectivity index (χ4n) is 4.41. The summed E-state index contributed by atoms with van der Waals surface area (Å²) in [5.74, 6) is 0.422. The Labute approximate surface area is 196 Å². The highest BCUT2D eigenvalue weighted by Gasteiger charge is 2.30. The minimum absolute atomic E-state index is 0.0382. The number of carbonyl (C=O) groups excluding carboxylic acids is 2. The number of alkyl carbamates (subject to hydrolysis) is 1. The monoisotopic (exact) mass is 457 g/mol. The van der Waals surface area contributed by atoms with E-state index >= 15 is 0 Å². The molecule has 0 aromatic heterocycles. The first kappa shape index (κ1) is 25.0. The van der Waals surface area contributed by atoms with Crippen molar-refractivity contribution in [1.82, 2.24) is 10.2 Å². The van der Waals surface area contributed by atoms with E-state index in [0.29, 0.717) is 63.8 Å². The van der Waals surface area contributed by atoms with E-state index in [1.165, 1.54) is 19.3 Å². The summed E-state index contributed by atoms with van der Waals surface area (Å²) in [6, 6.07) is 8.83. The van der Waals surface area contributed by atoms with Gasteiger partial charge in [0, 0.05) is 19.5 Å². The molecule has 1 heterocycles. The number of ether oxygens (including phenoxy) is 3. The van der Waals surface area contributed by atoms with Crippen LogP contribution in [0, 0.1) is 17.2 Å². The molecule has 0 spiro atoms. The Morgan fingerprint density at radius 1 is 1.18 bits per heavy atom. The summed E-state index contributed by atoms with van der Waals surface area (Å²) in [5.41, 5.74) is 1.53. The lowest BCUT2D eigenvalue weighted by Gasteiger charge is -2.32. The van der Waals surface area contributed by atoms with Crippen LogP contribution >= 0.6 is 0 Å². The number of hydrogen-bond acceptors (Lipinski definition) is 6. The second kappa shape index (κ2) is 13.8. The van der Waals surface area contributed by atoms with Gasteiger partial charge >= 0.3 is 6.09 Å². The van der Waals surface area contributed by atoms with Gasteiger partial charge in [-0.05, 0) is 30.0 Å². The normalized spacial score (nSPS) is 17.7. The highest BCUT2D eigenvalue weighted by Crippen LogP contribution is 2.28. The SMILES string of the molecule is N#Cc1cccc(COCCCOC(=O)NC(CC2CCCCC2)C(=O)N2CCOCC2)c1. The van der Waals surface area contributed by atoms with Crippen molar-refractivity contribution < 1.29 is 23.8 Å². The maximum Gasteiger partial charge on any atom is 0.407 e. The van der Waals surface area contributed by atoms with E-state index in [4.69, 9.17) is 19.5 Å². The molecule has 33 heavy (non-hydrogen) atoms. The van der Waals surface area contributed by atoms with Crippen LogP contribution in [0.5, 0.6) is 0 Å². The predicted molar refractivity (Wildman–Crippen MR) is 122 cm³/mol. The van der Waals surface area contributed by atoms with Gasteiger partial charge in [0.2, 0.25) is 5.91 Å². The molecule has 1 aliphatic heterocycles. The maximum atomic E-state index is 13.1. The highest BCUT2D eigenvalue weighted by atomic mass is 16.5. The Balaban J connectivity index is 1.39. The van der Waals surface area contributed by atoms with Crippen LogP contribution in [0.1, 0.15) is 56.1 Å². The number of benzene rings is 1. The van der Waals surface area contributed by atoms with Crippen LogP contribution in [0.4, 0.5) is 4.79 Å². The standard InChI is InChI=1S/C25H35N3O5/c26-18-21-8-4-9-22(16-21)19-32-12-5-13-33-25(30)27-23(17-20-6-2-1-3-7-20)24(29)28-10-14-31-15-11-28/h4,8-9,16,20,23H,1-3,5-7,10-15,17,19H2,(H,27,30). The Kier molecular flexibility index (Phi) is 10.5. The third-order valence-electron chi connectivity index (χ3n) is 6.20. The van der Waals surface area contributed by atoms with Gasteiger partial charge in [-0.1, -0.05) is 44.2 Å². The third kappa shape index (κ3) is 8.67. The maximum absolute atomic E-state index is 13.1. The molecule has 180 valence electrons. The lowest BCUT2D eigenvalue weighted by Crippen LogP contribution is -2.52. The molecule has 2 fully saturated rings. The van der Waals surface area contributed by atoms with E-state index in [9.17, 15) is 9.59 Å². The van der Waals surface area contributed by atoms with Gasteiger partial charge in [0.15, 0.2) is 0 Å². The van der Waals surface area contributed by atoms with Crippen LogP contribution in [0.3, 0.4) is 0 Å². The summed E-state index contributed by atoms with van der Waals surface area (Å²) < 4.78 is 16.3. The van der Waals surface area contributed by atoms with Gasteiger partial charge in [-0.2, -0.15) is 5.26 Å². The first-order valence-corrected chi connectivity index (χ1v) is 12.0. The van der Waals surface area contributed by atoms with E-state index in [1.807, 2.05) is 12.1 Å². The number of amides is 2. The van der Waals surface area contributed by atoms with Gasteiger partial charge in [0.25, 0.3) is 0 Å². The van der Waals surface area contributed by atoms with Gasteiger partial charge in [0.1, 0.15) is 6.04 Å². The molecule has 1 aliphatic carbocycles. The first-order chi connectivity index (χ1) is 16.2. The summed E-state index contributed by atoms with van der Waals surface area (Å²) in [4.78, 5) is 27.3. The average molecular weight is 458 g/mol. The summed E-state index contributed by atoms with van der Waals surface area (Å²) in [6.45, 7) is 3.24. The van der Waals surface area contributed by atoms with Gasteiger partial charge < -0.3 is 24.4 Å². The van der Waals surface area contributed by atoms with Crippen molar-refractivity contribution >= 4 is 12.0 Å². The zero-order chi connectivity index (χ0) is 23.3. The third-order valence-corrected chi connectivity index (χ3v) is 6.20. The summed E-state index contributed by atoms with van der Waals surface area (Å²) >= 11 is 0. The van der Waals surface area contributed by atoms with Crippen LogP contribution in [-0.4, -0.2) is 62.5 Å². The first-order valence-electron chi connectivity index (χ1n) is 12.0. The largest absolute Gasteiger partial charge is 0.449 e. The van der Waals surface area contributed by atoms with Crippen LogP contribution in [0.15, 0.2) is 24.3 Å². The van der Waals surface area contributed by atoms with Crippen molar-refractivity contribution in [2.45, 2.75) is 57.6 Å². The number of morpholine rings is 1. The Morgan fingerprint density at radius 2 is 1.97 bits per heavy atom. The molecule has 2 aliphatic rings. The molecule has 1 N–H and O–H groups in total. The van der Waals surface area contributed by atoms with Gasteiger partial charge in [-0.3, -0.25) is 4.79 Å². The molecule has 1 aromatic carbocycles. The fourth-order valence-corrected chi connectivity index (χ4v) is 4.41. The predicted octanol–water partition coefficient (Wildman–Crippen LogP) is 3.39. The molecule has 1 saturated heterocycles. The summed E-state index contributed by atoms with van der Waals surface area (Å²) in [7, 11) is 0. The lowest BCUT2D eigenvalue weighted by atomic mass is 9.84. The second-order valence-corrected chi connectivity index (χ2v) is 8.73. The molecule has 1 saturated carbocycles. The number of nitrogens with one attached hydrogen (secondary N) is 1. The quantitative estimate of drug-likeness (QED) is 0.541. The number of hydrogen-bond donors (Lipinski definition) is 1. The molecule has 1 atom stereocenters. The summed E-state index contributed by atoms with van der Waals surface area (Å²) in [6.07, 6.45) is 6.50. The lowest BCUT2D eigenvalue weighted by molar-refractivity contribution is -0.138. The van der Waals surface area contributed by atoms with Gasteiger partial charge in [-0.25, -0.2) is 4.79 Å². The Bertz CT molecular complexity index is 797. The smallest absolute Gasteiger partial charge is 0.407 e. The zero-order valence-corrected chi connectivity index (χ0v) is 19.3. The van der Waals surface area contributed by atoms with Crippen LogP contribution < -0.4 is 5.32 Å². The second-order valence-electron chi connectivity index (χ2n) is 8.73. The van der Waals surface area contributed by atoms with Gasteiger partial charge in [-0.15, -0.1) is 0 Å². The molecule has 8 heteroatoms. The number of nitriles is 1. The van der Waals surface area contributed by atoms with Crippen molar-refractivity contribution in [2.24, 2.45) is 5.92 Å². The van der Waals surface area contributed by atoms with Crippen molar-refractivity contribution in [2.75, 3.05) is 39.5 Å². The molecule has 1 aromatic rings. The van der Waals surface area contributed by atoms with E-state index in [0.717, 1.165) is 18.4 Å². The Morgan fingerprint density at radius 3 is 2.73 bits per heavy atom. The van der Waals surface area contributed by atoms with E-state index < -0.39 is 12.1 Å². The average Bonchev–Trinajstić information content (AvgIpc) is 2.86. The minimum atomic E-state index is -0.556. The number of rotatable bonds is 10. The molecule has 1 unspecified atom stereocenters. The topological polar surface area (TPSA) is 101 Å². The number of nitrogens with zero attached hydrogens (tertiary/aromatic N) is 2. The summed E-state index contributed by atoms with van der Waals surface area (Å²) in [5, 5.41) is 11.8. The van der Waals surface area contributed by atoms with Gasteiger partial charge in [0.05, 0.1) is 44.7 Å². The van der Waals surface area contributed by atoms with E-state index in [2.05, 4.69) is 11.4 Å². The Hall–Kier alpha value is -2.63. The molecule has 2 amide bonds. The zero-order valence-electron chi connectivity index (χ0n) is 19.3. The van der Waals surface area contributed by atoms with Crippen molar-refractivity contribution in [3.05, 3.63) is 35.4 Å². The van der Waals surface area contributed by atoms with Crippen LogP contribution in [-0.2, 0) is 25.6 Å². The van der Waals surface area contributed by atoms with Crippen LogP contribution in [0.25, 0.3) is 0 Å². The van der Waals surface area contributed by atoms with Crippen molar-refractivity contribution in [3.8, 4) is 6.07 Å². The molecule has 0 radical (unpaired) electrons. The molecule has 0 bridgehead atoms. The van der Waals surface area contributed by atoms with Crippen molar-refractivity contribution in [1.29, 1.82) is 5.26 Å².